The van der Waals surface area contributed by atoms with Crippen LogP contribution >= 0.6 is 0 Å². The van der Waals surface area contributed by atoms with Gasteiger partial charge in [-0.1, -0.05) is 20.8 Å². The lowest BCUT2D eigenvalue weighted by Gasteiger charge is -2.31. The van der Waals surface area contributed by atoms with Crippen molar-refractivity contribution >= 4 is 5.82 Å². The minimum absolute atomic E-state index is 0.0338. The molecule has 0 fully saturated rings. The normalized spacial score (nSPS) is 14.3. The van der Waals surface area contributed by atoms with Gasteiger partial charge in [-0.3, -0.25) is 0 Å². The number of halogens is 3. The lowest BCUT2D eigenvalue weighted by atomic mass is 9.85. The number of nitrogens with one attached hydrogen (secondary N) is 1. The van der Waals surface area contributed by atoms with Gasteiger partial charge in [-0.05, 0) is 30.5 Å². The van der Waals surface area contributed by atoms with Gasteiger partial charge in [0.15, 0.2) is 0 Å². The van der Waals surface area contributed by atoms with Crippen molar-refractivity contribution in [3.63, 3.8) is 0 Å². The van der Waals surface area contributed by atoms with Crippen LogP contribution in [0.1, 0.15) is 32.8 Å². The Hall–Kier alpha value is -1.30. The number of alkyl halides is 3. The summed E-state index contributed by atoms with van der Waals surface area (Å²) in [7, 11) is 0. The molecule has 0 saturated carbocycles. The third kappa shape index (κ3) is 4.70. The molecule has 0 spiro atoms. The molecule has 6 heteroatoms. The van der Waals surface area contributed by atoms with Crippen LogP contribution in [0.5, 0.6) is 0 Å². The van der Waals surface area contributed by atoms with Crippen molar-refractivity contribution in [1.82, 2.24) is 4.98 Å². The number of rotatable bonds is 4. The lowest BCUT2D eigenvalue weighted by molar-refractivity contribution is -0.137. The van der Waals surface area contributed by atoms with E-state index >= 15 is 0 Å². The lowest BCUT2D eigenvalue weighted by Crippen LogP contribution is -2.36. The predicted molar refractivity (Wildman–Crippen MR) is 69.8 cm³/mol. The maximum Gasteiger partial charge on any atom is 0.416 e. The summed E-state index contributed by atoms with van der Waals surface area (Å²) < 4.78 is 37.8. The Bertz CT molecular complexity index is 410. The standard InChI is InChI=1S/C13H20F3N3/c1-12(2,3)10(4-6-17)19-11-8-9(5-7-18-11)13(14,15)16/h5,7-8,10H,4,6,17H2,1-3H3,(H,18,19). The second kappa shape index (κ2) is 5.77. The SMILES string of the molecule is CC(C)(C)C(CCN)Nc1cc(C(F)(F)F)ccn1. The molecule has 0 aliphatic heterocycles. The van der Waals surface area contributed by atoms with Gasteiger partial charge in [-0.15, -0.1) is 0 Å². The van der Waals surface area contributed by atoms with Crippen LogP contribution < -0.4 is 11.1 Å². The number of hydrogen-bond acceptors (Lipinski definition) is 3. The van der Waals surface area contributed by atoms with Gasteiger partial charge in [0, 0.05) is 12.2 Å². The summed E-state index contributed by atoms with van der Waals surface area (Å²) in [6.45, 7) is 6.49. The third-order valence-corrected chi connectivity index (χ3v) is 2.91. The van der Waals surface area contributed by atoms with Gasteiger partial charge in [0.25, 0.3) is 0 Å². The Morgan fingerprint density at radius 2 is 1.95 bits per heavy atom. The van der Waals surface area contributed by atoms with Gasteiger partial charge >= 0.3 is 6.18 Å². The maximum absolute atomic E-state index is 12.6. The highest BCUT2D eigenvalue weighted by Crippen LogP contribution is 2.31. The molecule has 1 unspecified atom stereocenters. The first-order valence-corrected chi connectivity index (χ1v) is 6.14. The molecule has 1 heterocycles. The van der Waals surface area contributed by atoms with E-state index in [1.54, 1.807) is 0 Å². The fourth-order valence-corrected chi connectivity index (χ4v) is 1.75. The Morgan fingerprint density at radius 3 is 2.42 bits per heavy atom. The molecular weight excluding hydrogens is 255 g/mol. The van der Waals surface area contributed by atoms with Crippen molar-refractivity contribution in [2.24, 2.45) is 11.1 Å². The van der Waals surface area contributed by atoms with Crippen molar-refractivity contribution < 1.29 is 13.2 Å². The van der Waals surface area contributed by atoms with E-state index in [1.165, 1.54) is 0 Å². The average Bonchev–Trinajstić information content (AvgIpc) is 2.26. The average molecular weight is 275 g/mol. The number of pyridine rings is 1. The van der Waals surface area contributed by atoms with Crippen LogP contribution in [0, 0.1) is 5.41 Å². The molecule has 1 rings (SSSR count). The number of nitrogens with two attached hydrogens (primary N) is 1. The van der Waals surface area contributed by atoms with Crippen LogP contribution in [0.4, 0.5) is 19.0 Å². The van der Waals surface area contributed by atoms with E-state index < -0.39 is 11.7 Å². The summed E-state index contributed by atoms with van der Waals surface area (Å²) >= 11 is 0. The van der Waals surface area contributed by atoms with Crippen LogP contribution in [0.3, 0.4) is 0 Å². The van der Waals surface area contributed by atoms with Gasteiger partial charge in [-0.2, -0.15) is 13.2 Å². The summed E-state index contributed by atoms with van der Waals surface area (Å²) in [5.41, 5.74) is 4.72. The van der Waals surface area contributed by atoms with Crippen molar-refractivity contribution in [2.45, 2.75) is 39.4 Å². The van der Waals surface area contributed by atoms with Crippen molar-refractivity contribution in [3.05, 3.63) is 23.9 Å². The highest BCUT2D eigenvalue weighted by molar-refractivity contribution is 5.40. The summed E-state index contributed by atoms with van der Waals surface area (Å²) in [5, 5.41) is 3.04. The topological polar surface area (TPSA) is 50.9 Å². The first-order chi connectivity index (χ1) is 8.64. The summed E-state index contributed by atoms with van der Waals surface area (Å²) in [6.07, 6.45) is -2.53. The van der Waals surface area contributed by atoms with E-state index in [9.17, 15) is 13.2 Å². The Kier molecular flexibility index (Phi) is 4.79. The second-order valence-electron chi connectivity index (χ2n) is 5.57. The molecule has 0 aromatic carbocycles. The van der Waals surface area contributed by atoms with Crippen molar-refractivity contribution in [1.29, 1.82) is 0 Å². The molecule has 108 valence electrons. The molecule has 0 radical (unpaired) electrons. The molecule has 1 atom stereocenters. The van der Waals surface area contributed by atoms with Gasteiger partial charge < -0.3 is 11.1 Å². The zero-order chi connectivity index (χ0) is 14.7. The van der Waals surface area contributed by atoms with Crippen molar-refractivity contribution in [2.75, 3.05) is 11.9 Å². The second-order valence-corrected chi connectivity index (χ2v) is 5.57. The molecule has 0 aliphatic carbocycles. The van der Waals surface area contributed by atoms with Crippen LogP contribution in [-0.2, 0) is 6.18 Å². The van der Waals surface area contributed by atoms with Gasteiger partial charge in [0.2, 0.25) is 0 Å². The fourth-order valence-electron chi connectivity index (χ4n) is 1.75. The van der Waals surface area contributed by atoms with Gasteiger partial charge in [-0.25, -0.2) is 4.98 Å². The molecule has 0 saturated heterocycles. The Morgan fingerprint density at radius 1 is 1.32 bits per heavy atom. The first-order valence-electron chi connectivity index (χ1n) is 6.14. The Balaban J connectivity index is 2.91. The molecule has 3 N–H and O–H groups in total. The van der Waals surface area contributed by atoms with Crippen LogP contribution in [0.2, 0.25) is 0 Å². The third-order valence-electron chi connectivity index (χ3n) is 2.91. The molecule has 1 aromatic rings. The van der Waals surface area contributed by atoms with E-state index in [-0.39, 0.29) is 17.3 Å². The molecule has 0 amide bonds. The van der Waals surface area contributed by atoms with Crippen LogP contribution in [0.25, 0.3) is 0 Å². The number of aromatic nitrogens is 1. The number of hydrogen-bond donors (Lipinski definition) is 2. The minimum atomic E-state index is -4.36. The largest absolute Gasteiger partial charge is 0.416 e. The van der Waals surface area contributed by atoms with E-state index in [4.69, 9.17) is 5.73 Å². The van der Waals surface area contributed by atoms with Gasteiger partial charge in [0.05, 0.1) is 5.56 Å². The molecule has 1 aromatic heterocycles. The molecular formula is C13H20F3N3. The minimum Gasteiger partial charge on any atom is -0.367 e. The van der Waals surface area contributed by atoms with Gasteiger partial charge in [0.1, 0.15) is 5.82 Å². The van der Waals surface area contributed by atoms with E-state index in [1.807, 2.05) is 20.8 Å². The monoisotopic (exact) mass is 275 g/mol. The zero-order valence-corrected chi connectivity index (χ0v) is 11.4. The summed E-state index contributed by atoms with van der Waals surface area (Å²) in [5.74, 6) is 0.225. The summed E-state index contributed by atoms with van der Waals surface area (Å²) in [6, 6.07) is 1.95. The Labute approximate surface area is 111 Å². The molecule has 19 heavy (non-hydrogen) atoms. The van der Waals surface area contributed by atoms with Crippen molar-refractivity contribution in [3.8, 4) is 0 Å². The molecule has 3 nitrogen and oxygen atoms in total. The van der Waals surface area contributed by atoms with E-state index in [0.29, 0.717) is 13.0 Å². The number of nitrogens with zero attached hydrogens (tertiary/aromatic N) is 1. The highest BCUT2D eigenvalue weighted by atomic mass is 19.4. The van der Waals surface area contributed by atoms with E-state index in [0.717, 1.165) is 18.3 Å². The summed E-state index contributed by atoms with van der Waals surface area (Å²) in [4.78, 5) is 3.94. The van der Waals surface area contributed by atoms with Crippen LogP contribution in [0.15, 0.2) is 18.3 Å². The van der Waals surface area contributed by atoms with Crippen LogP contribution in [-0.4, -0.2) is 17.6 Å². The number of anilines is 1. The first kappa shape index (κ1) is 15.8. The fraction of sp³-hybridized carbons (Fsp3) is 0.615. The maximum atomic E-state index is 12.6. The molecule has 0 aliphatic rings. The molecule has 0 bridgehead atoms. The quantitative estimate of drug-likeness (QED) is 0.886. The predicted octanol–water partition coefficient (Wildman–Crippen LogP) is 3.28. The zero-order valence-electron chi connectivity index (χ0n) is 11.4. The highest BCUT2D eigenvalue weighted by Gasteiger charge is 2.31. The smallest absolute Gasteiger partial charge is 0.367 e. The van der Waals surface area contributed by atoms with E-state index in [2.05, 4.69) is 10.3 Å².